The summed E-state index contributed by atoms with van der Waals surface area (Å²) in [5.41, 5.74) is 0.657. The van der Waals surface area contributed by atoms with Crippen molar-refractivity contribution in [1.82, 2.24) is 15.3 Å². The minimum atomic E-state index is -0.0215. The van der Waals surface area contributed by atoms with Crippen molar-refractivity contribution in [2.45, 2.75) is 43.8 Å². The number of halogens is 1. The van der Waals surface area contributed by atoms with Gasteiger partial charge < -0.3 is 10.2 Å². The Morgan fingerprint density at radius 3 is 2.59 bits per heavy atom. The van der Waals surface area contributed by atoms with E-state index in [4.69, 9.17) is 11.6 Å². The topological polar surface area (TPSA) is 58.1 Å². The van der Waals surface area contributed by atoms with E-state index in [2.05, 4.69) is 31.6 Å². The van der Waals surface area contributed by atoms with Crippen LogP contribution in [0, 0.1) is 0 Å². The summed E-state index contributed by atoms with van der Waals surface area (Å²) in [6, 6.07) is 10.2. The minimum absolute atomic E-state index is 0.0215. The van der Waals surface area contributed by atoms with Crippen LogP contribution in [0.5, 0.6) is 0 Å². The van der Waals surface area contributed by atoms with E-state index in [0.29, 0.717) is 22.7 Å². The zero-order valence-corrected chi connectivity index (χ0v) is 16.2. The van der Waals surface area contributed by atoms with Crippen LogP contribution in [0.2, 0.25) is 5.02 Å². The van der Waals surface area contributed by atoms with E-state index >= 15 is 0 Å². The highest BCUT2D eigenvalue weighted by Gasteiger charge is 2.42. The molecular formula is C20H19ClN4OS. The summed E-state index contributed by atoms with van der Waals surface area (Å²) >= 11 is 7.57. The predicted molar refractivity (Wildman–Crippen MR) is 109 cm³/mol. The van der Waals surface area contributed by atoms with Gasteiger partial charge in [-0.2, -0.15) is 0 Å². The average molecular weight is 399 g/mol. The van der Waals surface area contributed by atoms with Gasteiger partial charge in [0.05, 0.1) is 5.39 Å². The maximum Gasteiger partial charge on any atom is 0.251 e. The van der Waals surface area contributed by atoms with Gasteiger partial charge in [-0.25, -0.2) is 9.97 Å². The molecular weight excluding hydrogens is 380 g/mol. The van der Waals surface area contributed by atoms with Gasteiger partial charge in [0.2, 0.25) is 0 Å². The smallest absolute Gasteiger partial charge is 0.251 e. The monoisotopic (exact) mass is 398 g/mol. The summed E-state index contributed by atoms with van der Waals surface area (Å²) < 4.78 is 0. The first-order valence-corrected chi connectivity index (χ1v) is 10.5. The highest BCUT2D eigenvalue weighted by atomic mass is 35.5. The van der Waals surface area contributed by atoms with Crippen LogP contribution in [0.3, 0.4) is 0 Å². The van der Waals surface area contributed by atoms with Crippen molar-refractivity contribution in [3.8, 4) is 0 Å². The number of nitrogens with zero attached hydrogens (tertiary/aromatic N) is 3. The fraction of sp³-hybridized carbons (Fsp3) is 0.350. The SMILES string of the molecule is O=C(NC1C[C@@H]2CC[C@@H](C1)N2c1ncnc2sccc12)c1ccc(Cl)cc1. The standard InChI is InChI=1S/C20H19ClN4OS/c21-13-3-1-12(2-4-13)19(26)24-14-9-15-5-6-16(10-14)25(15)18-17-7-8-27-20(17)23-11-22-18/h1-4,7-8,11,14-16H,5-6,9-10H2,(H,24,26)/t15-,16-/m0/s1. The first kappa shape index (κ1) is 17.0. The third-order valence-corrected chi connectivity index (χ3v) is 6.73. The molecule has 0 unspecified atom stereocenters. The minimum Gasteiger partial charge on any atom is -0.350 e. The normalized spacial score (nSPS) is 24.3. The van der Waals surface area contributed by atoms with E-state index in [1.54, 1.807) is 41.9 Å². The largest absolute Gasteiger partial charge is 0.350 e. The molecule has 4 heterocycles. The number of anilines is 1. The maximum absolute atomic E-state index is 12.6. The van der Waals surface area contributed by atoms with Crippen molar-refractivity contribution in [2.75, 3.05) is 4.90 Å². The summed E-state index contributed by atoms with van der Waals surface area (Å²) in [4.78, 5) is 25.1. The first-order valence-electron chi connectivity index (χ1n) is 9.22. The highest BCUT2D eigenvalue weighted by molar-refractivity contribution is 7.16. The Balaban J connectivity index is 1.34. The molecule has 0 radical (unpaired) electrons. The molecule has 2 aliphatic heterocycles. The number of fused-ring (bicyclic) bond motifs is 3. The van der Waals surface area contributed by atoms with Crippen LogP contribution in [0.4, 0.5) is 5.82 Å². The molecule has 2 bridgehead atoms. The molecule has 2 fully saturated rings. The second-order valence-corrected chi connectivity index (χ2v) is 8.61. The lowest BCUT2D eigenvalue weighted by Crippen LogP contribution is -2.50. The molecule has 3 aromatic rings. The zero-order valence-electron chi connectivity index (χ0n) is 14.6. The molecule has 2 atom stereocenters. The van der Waals surface area contributed by atoms with Crippen LogP contribution in [0.1, 0.15) is 36.0 Å². The molecule has 5 rings (SSSR count). The molecule has 1 N–H and O–H groups in total. The number of amides is 1. The second kappa shape index (κ2) is 6.77. The molecule has 2 aromatic heterocycles. The van der Waals surface area contributed by atoms with Crippen LogP contribution in [0.25, 0.3) is 10.2 Å². The first-order chi connectivity index (χ1) is 13.2. The number of benzene rings is 1. The third kappa shape index (κ3) is 3.07. The lowest BCUT2D eigenvalue weighted by atomic mass is 9.96. The van der Waals surface area contributed by atoms with Gasteiger partial charge in [0.25, 0.3) is 5.91 Å². The number of hydrogen-bond acceptors (Lipinski definition) is 5. The maximum atomic E-state index is 12.6. The van der Waals surface area contributed by atoms with Crippen molar-refractivity contribution in [3.05, 3.63) is 52.6 Å². The molecule has 5 nitrogen and oxygen atoms in total. The van der Waals surface area contributed by atoms with Crippen molar-refractivity contribution in [2.24, 2.45) is 0 Å². The van der Waals surface area contributed by atoms with Gasteiger partial charge in [0.15, 0.2) is 0 Å². The Bertz CT molecular complexity index is 975. The van der Waals surface area contributed by atoms with Crippen molar-refractivity contribution >= 4 is 44.9 Å². The summed E-state index contributed by atoms with van der Waals surface area (Å²) in [5, 5.41) is 7.08. The van der Waals surface area contributed by atoms with Crippen molar-refractivity contribution in [3.63, 3.8) is 0 Å². The summed E-state index contributed by atoms with van der Waals surface area (Å²) in [7, 11) is 0. The van der Waals surface area contributed by atoms with E-state index in [1.807, 2.05) is 0 Å². The molecule has 0 saturated carbocycles. The van der Waals surface area contributed by atoms with Crippen LogP contribution >= 0.6 is 22.9 Å². The van der Waals surface area contributed by atoms with Gasteiger partial charge in [-0.3, -0.25) is 4.79 Å². The van der Waals surface area contributed by atoms with Crippen molar-refractivity contribution in [1.29, 1.82) is 0 Å². The van der Waals surface area contributed by atoms with Crippen LogP contribution < -0.4 is 10.2 Å². The number of nitrogens with one attached hydrogen (secondary N) is 1. The van der Waals surface area contributed by atoms with Crippen LogP contribution in [-0.4, -0.2) is 34.0 Å². The number of carbonyl (C=O) groups excluding carboxylic acids is 1. The lowest BCUT2D eigenvalue weighted by molar-refractivity contribution is 0.0927. The predicted octanol–water partition coefficient (Wildman–Crippen LogP) is 4.27. The fourth-order valence-electron chi connectivity index (χ4n) is 4.49. The lowest BCUT2D eigenvalue weighted by Gasteiger charge is -2.40. The fourth-order valence-corrected chi connectivity index (χ4v) is 5.35. The Labute approximate surface area is 166 Å². The van der Waals surface area contributed by atoms with E-state index < -0.39 is 0 Å². The number of thiophene rings is 1. The Hall–Kier alpha value is -2.18. The van der Waals surface area contributed by atoms with Crippen LogP contribution in [-0.2, 0) is 0 Å². The van der Waals surface area contributed by atoms with Gasteiger partial charge in [0, 0.05) is 28.7 Å². The zero-order chi connectivity index (χ0) is 18.4. The Morgan fingerprint density at radius 2 is 1.85 bits per heavy atom. The second-order valence-electron chi connectivity index (χ2n) is 7.28. The molecule has 0 aliphatic carbocycles. The van der Waals surface area contributed by atoms with E-state index in [9.17, 15) is 4.79 Å². The molecule has 2 aliphatic rings. The number of aromatic nitrogens is 2. The number of hydrogen-bond donors (Lipinski definition) is 1. The average Bonchev–Trinajstić information content (AvgIpc) is 3.25. The van der Waals surface area contributed by atoms with Gasteiger partial charge in [-0.05, 0) is 61.4 Å². The number of piperidine rings is 1. The molecule has 27 heavy (non-hydrogen) atoms. The number of carbonyl (C=O) groups is 1. The van der Waals surface area contributed by atoms with E-state index in [-0.39, 0.29) is 11.9 Å². The molecule has 1 aromatic carbocycles. The van der Waals surface area contributed by atoms with Crippen molar-refractivity contribution < 1.29 is 4.79 Å². The van der Waals surface area contributed by atoms with Gasteiger partial charge in [0.1, 0.15) is 17.0 Å². The van der Waals surface area contributed by atoms with Gasteiger partial charge in [-0.1, -0.05) is 11.6 Å². The Kier molecular flexibility index (Phi) is 4.25. The summed E-state index contributed by atoms with van der Waals surface area (Å²) in [6.45, 7) is 0. The molecule has 2 saturated heterocycles. The van der Waals surface area contributed by atoms with E-state index in [0.717, 1.165) is 41.7 Å². The molecule has 1 amide bonds. The molecule has 7 heteroatoms. The Morgan fingerprint density at radius 1 is 1.11 bits per heavy atom. The summed E-state index contributed by atoms with van der Waals surface area (Å²) in [5.74, 6) is 1.03. The van der Waals surface area contributed by atoms with Gasteiger partial charge in [-0.15, -0.1) is 11.3 Å². The highest BCUT2D eigenvalue weighted by Crippen LogP contribution is 2.41. The van der Waals surface area contributed by atoms with E-state index in [1.165, 1.54) is 0 Å². The molecule has 138 valence electrons. The van der Waals surface area contributed by atoms with Crippen LogP contribution in [0.15, 0.2) is 42.0 Å². The molecule has 0 spiro atoms. The summed E-state index contributed by atoms with van der Waals surface area (Å²) in [6.07, 6.45) is 5.86. The third-order valence-electron chi connectivity index (χ3n) is 5.66. The quantitative estimate of drug-likeness (QED) is 0.715. The number of rotatable bonds is 3. The van der Waals surface area contributed by atoms with Gasteiger partial charge >= 0.3 is 0 Å².